The van der Waals surface area contributed by atoms with Crippen LogP contribution >= 0.6 is 0 Å². The summed E-state index contributed by atoms with van der Waals surface area (Å²) in [5, 5.41) is 0. The van der Waals surface area contributed by atoms with E-state index in [-0.39, 0.29) is 28.8 Å². The average molecular weight is 467 g/mol. The Labute approximate surface area is 200 Å². The first-order valence-electron chi connectivity index (χ1n) is 12.2. The van der Waals surface area contributed by atoms with Gasteiger partial charge in [0, 0.05) is 32.2 Å². The number of amides is 1. The number of hydrogen-bond acceptors (Lipinski definition) is 6. The van der Waals surface area contributed by atoms with Gasteiger partial charge in [0.15, 0.2) is 0 Å². The minimum Gasteiger partial charge on any atom is -0.483 e. The van der Waals surface area contributed by atoms with Crippen molar-refractivity contribution in [3.8, 4) is 5.75 Å². The number of carbonyl (C=O) groups excluding carboxylic acids is 1. The Morgan fingerprint density at radius 1 is 1.18 bits per heavy atom. The van der Waals surface area contributed by atoms with E-state index in [1.54, 1.807) is 11.0 Å². The summed E-state index contributed by atoms with van der Waals surface area (Å²) < 4.78 is 17.3. The molecule has 1 saturated carbocycles. The van der Waals surface area contributed by atoms with E-state index in [0.29, 0.717) is 25.4 Å². The number of rotatable bonds is 4. The molecule has 0 bridgehead atoms. The van der Waals surface area contributed by atoms with Gasteiger partial charge in [-0.25, -0.2) is 4.79 Å². The Morgan fingerprint density at radius 2 is 1.94 bits per heavy atom. The number of benzene rings is 1. The van der Waals surface area contributed by atoms with Gasteiger partial charge in [-0.1, -0.05) is 24.3 Å². The molecule has 7 heteroatoms. The van der Waals surface area contributed by atoms with Gasteiger partial charge in [0.1, 0.15) is 23.7 Å². The van der Waals surface area contributed by atoms with E-state index in [2.05, 4.69) is 29.2 Å². The van der Waals surface area contributed by atoms with Crippen molar-refractivity contribution in [2.45, 2.75) is 71.2 Å². The second-order valence-electron chi connectivity index (χ2n) is 11.1. The van der Waals surface area contributed by atoms with Gasteiger partial charge in [-0.2, -0.15) is 0 Å². The van der Waals surface area contributed by atoms with Gasteiger partial charge in [-0.05, 0) is 63.0 Å². The predicted molar refractivity (Wildman–Crippen MR) is 128 cm³/mol. The van der Waals surface area contributed by atoms with E-state index in [1.165, 1.54) is 17.4 Å². The Hall–Kier alpha value is -2.80. The first kappa shape index (κ1) is 23.0. The van der Waals surface area contributed by atoms with Gasteiger partial charge in [-0.15, -0.1) is 0 Å². The molecule has 5 rings (SSSR count). The maximum absolute atomic E-state index is 12.7. The molecule has 2 aliphatic heterocycles. The van der Waals surface area contributed by atoms with Crippen LogP contribution in [0.15, 0.2) is 45.8 Å². The molecule has 34 heavy (non-hydrogen) atoms. The third-order valence-electron chi connectivity index (χ3n) is 7.15. The first-order valence-corrected chi connectivity index (χ1v) is 12.2. The van der Waals surface area contributed by atoms with E-state index in [1.807, 2.05) is 20.8 Å². The van der Waals surface area contributed by atoms with Gasteiger partial charge in [0.05, 0.1) is 6.54 Å². The number of hydrogen-bond donors (Lipinski definition) is 0. The highest BCUT2D eigenvalue weighted by atomic mass is 16.6. The van der Waals surface area contributed by atoms with Crippen molar-refractivity contribution in [2.75, 3.05) is 19.6 Å². The molecule has 0 unspecified atom stereocenters. The standard InChI is InChI=1S/C27H34N2O5/c1-26(2,3)34-25(31)29-11-9-27(18-29)13-22(14-27)33-24-17-32-21(12-23(24)30)16-28-10-8-19-6-4-5-7-20(19)15-28/h4-7,12,17,22H,8-11,13-16,18H2,1-3H3. The van der Waals surface area contributed by atoms with Crippen LogP contribution in [0.2, 0.25) is 0 Å². The molecule has 1 saturated heterocycles. The molecule has 7 nitrogen and oxygen atoms in total. The zero-order valence-electron chi connectivity index (χ0n) is 20.3. The molecule has 1 aromatic carbocycles. The molecule has 1 spiro atoms. The SMILES string of the molecule is CC(C)(C)OC(=O)N1CCC2(CC(Oc3coc(CN4CCc5ccccc5C4)cc3=O)C2)C1. The highest BCUT2D eigenvalue weighted by molar-refractivity contribution is 5.68. The van der Waals surface area contributed by atoms with E-state index in [9.17, 15) is 9.59 Å². The fourth-order valence-electron chi connectivity index (χ4n) is 5.44. The lowest BCUT2D eigenvalue weighted by molar-refractivity contribution is -0.0151. The van der Waals surface area contributed by atoms with Crippen molar-refractivity contribution >= 4 is 6.09 Å². The van der Waals surface area contributed by atoms with E-state index >= 15 is 0 Å². The van der Waals surface area contributed by atoms with Crippen LogP contribution < -0.4 is 10.2 Å². The van der Waals surface area contributed by atoms with Crippen LogP contribution in [-0.2, 0) is 24.2 Å². The molecule has 2 aromatic rings. The molecule has 3 aliphatic rings. The maximum Gasteiger partial charge on any atom is 0.410 e. The van der Waals surface area contributed by atoms with Crippen LogP contribution in [0.1, 0.15) is 56.9 Å². The Bertz CT molecular complexity index is 1110. The van der Waals surface area contributed by atoms with Gasteiger partial charge < -0.3 is 18.8 Å². The quantitative estimate of drug-likeness (QED) is 0.667. The highest BCUT2D eigenvalue weighted by Crippen LogP contribution is 2.49. The van der Waals surface area contributed by atoms with E-state index in [0.717, 1.165) is 38.8 Å². The zero-order chi connectivity index (χ0) is 23.9. The summed E-state index contributed by atoms with van der Waals surface area (Å²) in [4.78, 5) is 29.1. The summed E-state index contributed by atoms with van der Waals surface area (Å²) in [6.07, 6.45) is 4.81. The van der Waals surface area contributed by atoms with Crippen molar-refractivity contribution in [3.05, 3.63) is 63.7 Å². The lowest BCUT2D eigenvalue weighted by atomic mass is 9.66. The van der Waals surface area contributed by atoms with Crippen LogP contribution in [0.25, 0.3) is 0 Å². The first-order chi connectivity index (χ1) is 16.2. The average Bonchev–Trinajstić information content (AvgIpc) is 3.20. The minimum atomic E-state index is -0.489. The molecule has 1 aromatic heterocycles. The van der Waals surface area contributed by atoms with Crippen LogP contribution in [0.4, 0.5) is 4.79 Å². The Balaban J connectivity index is 1.12. The third-order valence-corrected chi connectivity index (χ3v) is 7.15. The summed E-state index contributed by atoms with van der Waals surface area (Å²) in [5.41, 5.74) is 2.19. The van der Waals surface area contributed by atoms with Crippen molar-refractivity contribution in [1.29, 1.82) is 0 Å². The van der Waals surface area contributed by atoms with Crippen molar-refractivity contribution < 1.29 is 18.7 Å². The molecule has 0 atom stereocenters. The minimum absolute atomic E-state index is 0.0223. The zero-order valence-corrected chi connectivity index (χ0v) is 20.3. The number of ether oxygens (including phenoxy) is 2. The molecule has 1 aliphatic carbocycles. The van der Waals surface area contributed by atoms with Crippen molar-refractivity contribution in [1.82, 2.24) is 9.80 Å². The van der Waals surface area contributed by atoms with E-state index < -0.39 is 5.60 Å². The fourth-order valence-corrected chi connectivity index (χ4v) is 5.44. The summed E-state index contributed by atoms with van der Waals surface area (Å²) in [6, 6.07) is 10.1. The summed E-state index contributed by atoms with van der Waals surface area (Å²) in [7, 11) is 0. The normalized spacial score (nSPS) is 24.6. The lowest BCUT2D eigenvalue weighted by Crippen LogP contribution is -2.47. The largest absolute Gasteiger partial charge is 0.483 e. The molecular formula is C27H34N2O5. The predicted octanol–water partition coefficient (Wildman–Crippen LogP) is 4.37. The second-order valence-corrected chi connectivity index (χ2v) is 11.1. The third kappa shape index (κ3) is 4.99. The molecule has 2 fully saturated rings. The van der Waals surface area contributed by atoms with Gasteiger partial charge in [0.25, 0.3) is 0 Å². The smallest absolute Gasteiger partial charge is 0.410 e. The van der Waals surface area contributed by atoms with Crippen molar-refractivity contribution in [2.24, 2.45) is 5.41 Å². The monoisotopic (exact) mass is 466 g/mol. The molecule has 3 heterocycles. The van der Waals surface area contributed by atoms with E-state index in [4.69, 9.17) is 13.9 Å². The van der Waals surface area contributed by atoms with Crippen LogP contribution in [-0.4, -0.2) is 47.2 Å². The fraction of sp³-hybridized carbons (Fsp3) is 0.556. The van der Waals surface area contributed by atoms with Gasteiger partial charge in [-0.3, -0.25) is 9.69 Å². The number of carbonyl (C=O) groups is 1. The molecule has 0 radical (unpaired) electrons. The van der Waals surface area contributed by atoms with Crippen LogP contribution in [0, 0.1) is 5.41 Å². The van der Waals surface area contributed by atoms with Gasteiger partial charge >= 0.3 is 6.09 Å². The molecule has 1 amide bonds. The number of likely N-dealkylation sites (tertiary alicyclic amines) is 1. The summed E-state index contributed by atoms with van der Waals surface area (Å²) in [5.74, 6) is 0.931. The van der Waals surface area contributed by atoms with Crippen LogP contribution in [0.3, 0.4) is 0 Å². The molecule has 182 valence electrons. The van der Waals surface area contributed by atoms with Gasteiger partial charge in [0.2, 0.25) is 11.2 Å². The summed E-state index contributed by atoms with van der Waals surface area (Å²) >= 11 is 0. The molecular weight excluding hydrogens is 432 g/mol. The Morgan fingerprint density at radius 3 is 2.68 bits per heavy atom. The topological polar surface area (TPSA) is 72.2 Å². The highest BCUT2D eigenvalue weighted by Gasteiger charge is 2.51. The summed E-state index contributed by atoms with van der Waals surface area (Å²) in [6.45, 7) is 9.46. The number of nitrogens with zero attached hydrogens (tertiary/aromatic N) is 2. The van der Waals surface area contributed by atoms with Crippen molar-refractivity contribution in [3.63, 3.8) is 0 Å². The number of fused-ring (bicyclic) bond motifs is 1. The second kappa shape index (κ2) is 8.77. The Kier molecular flexibility index (Phi) is 5.92. The maximum atomic E-state index is 12.7. The lowest BCUT2D eigenvalue weighted by Gasteiger charge is -2.44. The molecule has 0 N–H and O–H groups in total. The van der Waals surface area contributed by atoms with Crippen LogP contribution in [0.5, 0.6) is 5.75 Å².